The second kappa shape index (κ2) is 10.8. The highest BCUT2D eigenvalue weighted by Crippen LogP contribution is 2.33. The van der Waals surface area contributed by atoms with Crippen molar-refractivity contribution in [2.75, 3.05) is 26.7 Å². The number of carbonyl (C=O) groups is 1. The molecule has 176 valence electrons. The van der Waals surface area contributed by atoms with E-state index in [4.69, 9.17) is 9.15 Å². The van der Waals surface area contributed by atoms with Gasteiger partial charge >= 0.3 is 5.97 Å². The summed E-state index contributed by atoms with van der Waals surface area (Å²) < 4.78 is 10.6. The Labute approximate surface area is 193 Å². The lowest BCUT2D eigenvalue weighted by atomic mass is 9.81. The molecule has 3 heterocycles. The Morgan fingerprint density at radius 2 is 2.18 bits per heavy atom. The number of fused-ring (bicyclic) bond motifs is 1. The summed E-state index contributed by atoms with van der Waals surface area (Å²) in [5.74, 6) is 0.288. The highest BCUT2D eigenvalue weighted by molar-refractivity contribution is 5.83. The Morgan fingerprint density at radius 1 is 1.30 bits per heavy atom. The number of methoxy groups -OCH3 is 1. The van der Waals surface area contributed by atoms with Gasteiger partial charge in [0.1, 0.15) is 12.0 Å². The van der Waals surface area contributed by atoms with E-state index >= 15 is 0 Å². The van der Waals surface area contributed by atoms with Crippen LogP contribution in [-0.4, -0.2) is 57.8 Å². The van der Waals surface area contributed by atoms with Crippen molar-refractivity contribution in [3.8, 4) is 5.75 Å². The van der Waals surface area contributed by atoms with Gasteiger partial charge < -0.3 is 24.3 Å². The first-order chi connectivity index (χ1) is 16.0. The fraction of sp³-hybridized carbons (Fsp3) is 0.480. The van der Waals surface area contributed by atoms with E-state index in [1.807, 2.05) is 24.3 Å². The minimum absolute atomic E-state index is 0.0442. The van der Waals surface area contributed by atoms with Crippen LogP contribution in [0, 0.1) is 11.8 Å². The maximum absolute atomic E-state index is 12.0. The molecule has 0 aliphatic carbocycles. The summed E-state index contributed by atoms with van der Waals surface area (Å²) in [6.45, 7) is 2.23. The van der Waals surface area contributed by atoms with Crippen LogP contribution in [0.25, 0.3) is 10.9 Å². The van der Waals surface area contributed by atoms with Crippen molar-refractivity contribution in [2.24, 2.45) is 11.8 Å². The minimum atomic E-state index is -0.758. The molecule has 0 radical (unpaired) electrons. The van der Waals surface area contributed by atoms with Gasteiger partial charge in [0.05, 0.1) is 30.8 Å². The number of ether oxygens (including phenoxy) is 1. The number of aromatic nitrogens is 2. The van der Waals surface area contributed by atoms with E-state index in [0.29, 0.717) is 25.1 Å². The fourth-order valence-corrected chi connectivity index (χ4v) is 4.82. The molecular formula is C25H31N3O5. The maximum Gasteiger partial charge on any atom is 0.308 e. The number of oxazole rings is 1. The molecule has 1 aromatic carbocycles. The molecule has 3 atom stereocenters. The highest BCUT2D eigenvalue weighted by atomic mass is 16.5. The number of carboxylic acid groups (broad SMARTS) is 1. The smallest absolute Gasteiger partial charge is 0.308 e. The van der Waals surface area contributed by atoms with Crippen molar-refractivity contribution in [1.29, 1.82) is 0 Å². The van der Waals surface area contributed by atoms with E-state index in [1.54, 1.807) is 25.8 Å². The number of aliphatic hydroxyl groups excluding tert-OH is 1. The predicted molar refractivity (Wildman–Crippen MR) is 123 cm³/mol. The van der Waals surface area contributed by atoms with Gasteiger partial charge in [0.2, 0.25) is 0 Å². The maximum atomic E-state index is 12.0. The molecule has 0 bridgehead atoms. The van der Waals surface area contributed by atoms with Crippen molar-refractivity contribution < 1.29 is 24.2 Å². The van der Waals surface area contributed by atoms with Gasteiger partial charge in [-0.05, 0) is 74.5 Å². The van der Waals surface area contributed by atoms with Crippen LogP contribution in [0.1, 0.15) is 43.2 Å². The van der Waals surface area contributed by atoms with Gasteiger partial charge in [-0.25, -0.2) is 4.98 Å². The Bertz CT molecular complexity index is 1060. The van der Waals surface area contributed by atoms with Crippen molar-refractivity contribution in [3.05, 3.63) is 54.4 Å². The first-order valence-corrected chi connectivity index (χ1v) is 11.5. The number of benzene rings is 1. The zero-order chi connectivity index (χ0) is 23.2. The Morgan fingerprint density at radius 3 is 2.94 bits per heavy atom. The third-order valence-electron chi connectivity index (χ3n) is 6.66. The number of aliphatic carboxylic acids is 1. The Kier molecular flexibility index (Phi) is 7.57. The van der Waals surface area contributed by atoms with Gasteiger partial charge in [0, 0.05) is 24.5 Å². The van der Waals surface area contributed by atoms with Gasteiger partial charge in [-0.1, -0.05) is 0 Å². The van der Waals surface area contributed by atoms with E-state index in [1.165, 1.54) is 0 Å². The van der Waals surface area contributed by atoms with E-state index in [9.17, 15) is 15.0 Å². The second-order valence-electron chi connectivity index (χ2n) is 8.70. The SMILES string of the molecule is COc1ccc2nccc([C@H](O)CC[C@@H]3CCN(CCCc4ncco4)C[C@@H]3C(=O)O)c2c1. The molecule has 1 aliphatic heterocycles. The molecule has 2 aromatic heterocycles. The third-order valence-corrected chi connectivity index (χ3v) is 6.66. The molecular weight excluding hydrogens is 422 g/mol. The lowest BCUT2D eigenvalue weighted by Crippen LogP contribution is -2.44. The van der Waals surface area contributed by atoms with Crippen LogP contribution in [0.15, 0.2) is 47.3 Å². The lowest BCUT2D eigenvalue weighted by molar-refractivity contribution is -0.146. The predicted octanol–water partition coefficient (Wildman–Crippen LogP) is 3.70. The molecule has 8 heteroatoms. The van der Waals surface area contributed by atoms with Crippen LogP contribution >= 0.6 is 0 Å². The van der Waals surface area contributed by atoms with Gasteiger partial charge in [-0.15, -0.1) is 0 Å². The van der Waals surface area contributed by atoms with Gasteiger partial charge in [-0.2, -0.15) is 0 Å². The van der Waals surface area contributed by atoms with E-state index in [2.05, 4.69) is 14.9 Å². The number of hydrogen-bond acceptors (Lipinski definition) is 7. The van der Waals surface area contributed by atoms with Crippen molar-refractivity contribution in [3.63, 3.8) is 0 Å². The number of pyridine rings is 1. The summed E-state index contributed by atoms with van der Waals surface area (Å²) in [4.78, 5) is 22.7. The first kappa shape index (κ1) is 23.2. The molecule has 2 N–H and O–H groups in total. The second-order valence-corrected chi connectivity index (χ2v) is 8.70. The number of likely N-dealkylation sites (tertiary alicyclic amines) is 1. The van der Waals surface area contributed by atoms with E-state index < -0.39 is 18.0 Å². The van der Waals surface area contributed by atoms with Crippen molar-refractivity contribution in [2.45, 2.75) is 38.2 Å². The van der Waals surface area contributed by atoms with Gasteiger partial charge in [0.15, 0.2) is 5.89 Å². The molecule has 3 aromatic rings. The lowest BCUT2D eigenvalue weighted by Gasteiger charge is -2.37. The number of piperidine rings is 1. The average Bonchev–Trinajstić information content (AvgIpc) is 3.35. The summed E-state index contributed by atoms with van der Waals surface area (Å²) in [5.41, 5.74) is 1.60. The molecule has 33 heavy (non-hydrogen) atoms. The monoisotopic (exact) mass is 453 g/mol. The molecule has 1 fully saturated rings. The number of carboxylic acids is 1. The van der Waals surface area contributed by atoms with Gasteiger partial charge in [0.25, 0.3) is 0 Å². The number of nitrogens with zero attached hydrogens (tertiary/aromatic N) is 3. The molecule has 0 unspecified atom stereocenters. The van der Waals surface area contributed by atoms with Crippen LogP contribution in [0.4, 0.5) is 0 Å². The Balaban J connectivity index is 1.34. The van der Waals surface area contributed by atoms with Crippen molar-refractivity contribution >= 4 is 16.9 Å². The summed E-state index contributed by atoms with van der Waals surface area (Å²) >= 11 is 0. The zero-order valence-electron chi connectivity index (χ0n) is 18.9. The van der Waals surface area contributed by atoms with E-state index in [-0.39, 0.29) is 5.92 Å². The molecule has 4 rings (SSSR count). The molecule has 1 saturated heterocycles. The molecule has 0 saturated carbocycles. The number of rotatable bonds is 10. The van der Waals surface area contributed by atoms with Crippen LogP contribution < -0.4 is 4.74 Å². The molecule has 8 nitrogen and oxygen atoms in total. The summed E-state index contributed by atoms with van der Waals surface area (Å²) in [7, 11) is 1.61. The van der Waals surface area contributed by atoms with Crippen molar-refractivity contribution in [1.82, 2.24) is 14.9 Å². The standard InChI is InChI=1S/C25H31N3O5/c1-32-18-5-6-22-20(15-18)19(8-10-26-22)23(29)7-4-17-9-13-28(16-21(17)25(30)31)12-2-3-24-27-11-14-33-24/h5-6,8,10-11,14-15,17,21,23,29H,2-4,7,9,12-13,16H2,1H3,(H,30,31)/t17-,21+,23-/m1/s1. The number of hydrogen-bond donors (Lipinski definition) is 2. The van der Waals surface area contributed by atoms with Crippen LogP contribution in [0.5, 0.6) is 5.75 Å². The minimum Gasteiger partial charge on any atom is -0.497 e. The number of aryl methyl sites for hydroxylation is 1. The summed E-state index contributed by atoms with van der Waals surface area (Å²) in [6.07, 6.45) is 7.84. The van der Waals surface area contributed by atoms with E-state index in [0.717, 1.165) is 54.7 Å². The molecule has 0 spiro atoms. The summed E-state index contributed by atoms with van der Waals surface area (Å²) in [5, 5.41) is 21.7. The molecule has 0 amide bonds. The average molecular weight is 454 g/mol. The molecule has 1 aliphatic rings. The first-order valence-electron chi connectivity index (χ1n) is 11.5. The highest BCUT2D eigenvalue weighted by Gasteiger charge is 2.34. The Hall–Kier alpha value is -2.97. The summed E-state index contributed by atoms with van der Waals surface area (Å²) in [6, 6.07) is 7.44. The van der Waals surface area contributed by atoms with Gasteiger partial charge in [-0.3, -0.25) is 9.78 Å². The largest absolute Gasteiger partial charge is 0.497 e. The quantitative estimate of drug-likeness (QED) is 0.478. The van der Waals surface area contributed by atoms with Crippen LogP contribution in [-0.2, 0) is 11.2 Å². The van der Waals surface area contributed by atoms with Crippen LogP contribution in [0.3, 0.4) is 0 Å². The topological polar surface area (TPSA) is 109 Å². The fourth-order valence-electron chi connectivity index (χ4n) is 4.82. The number of aliphatic hydroxyl groups is 1. The third kappa shape index (κ3) is 5.69. The van der Waals surface area contributed by atoms with Crippen LogP contribution in [0.2, 0.25) is 0 Å². The zero-order valence-corrected chi connectivity index (χ0v) is 18.9. The normalized spacial score (nSPS) is 20.1.